The minimum atomic E-state index is -0.311. The second-order valence-electron chi connectivity index (χ2n) is 7.18. The number of halogens is 1. The van der Waals surface area contributed by atoms with Gasteiger partial charge in [-0.05, 0) is 38.1 Å². The minimum Gasteiger partial charge on any atom is -0.368 e. The molecule has 0 radical (unpaired) electrons. The highest BCUT2D eigenvalue weighted by atomic mass is 19.1. The zero-order valence-electron chi connectivity index (χ0n) is 17.5. The second kappa shape index (κ2) is 10.3. The highest BCUT2D eigenvalue weighted by molar-refractivity contribution is 5.78. The van der Waals surface area contributed by atoms with Gasteiger partial charge in [0.1, 0.15) is 11.6 Å². The van der Waals surface area contributed by atoms with Crippen molar-refractivity contribution in [2.45, 2.75) is 20.4 Å². The largest absolute Gasteiger partial charge is 0.368 e. The normalized spacial score (nSPS) is 15.2. The van der Waals surface area contributed by atoms with E-state index in [9.17, 15) is 9.18 Å². The number of nitrogens with two attached hydrogens (primary N) is 1. The molecule has 2 heterocycles. The number of nitrogens with one attached hydrogen (secondary N) is 1. The Labute approximate surface area is 176 Å². The van der Waals surface area contributed by atoms with Crippen LogP contribution in [0.5, 0.6) is 0 Å². The van der Waals surface area contributed by atoms with Crippen molar-refractivity contribution < 1.29 is 9.18 Å². The summed E-state index contributed by atoms with van der Waals surface area (Å²) in [7, 11) is 0. The molecule has 1 saturated heterocycles. The van der Waals surface area contributed by atoms with Crippen LogP contribution in [0.4, 0.5) is 22.0 Å². The number of rotatable bonds is 8. The van der Waals surface area contributed by atoms with Crippen LogP contribution < -0.4 is 11.1 Å². The minimum absolute atomic E-state index is 0.132. The number of hydrogen-bond donors (Lipinski definition) is 2. The van der Waals surface area contributed by atoms with Crippen LogP contribution in [0.3, 0.4) is 0 Å². The number of anilines is 3. The van der Waals surface area contributed by atoms with Gasteiger partial charge in [-0.25, -0.2) is 4.39 Å². The Hall–Kier alpha value is -2.85. The van der Waals surface area contributed by atoms with Gasteiger partial charge in [0.05, 0.1) is 13.1 Å². The maximum absolute atomic E-state index is 13.1. The first-order valence-electron chi connectivity index (χ1n) is 10.2. The number of carbonyl (C=O) groups excluding carboxylic acids is 1. The number of hydrogen-bond acceptors (Lipinski definition) is 8. The molecule has 3 rings (SSSR count). The van der Waals surface area contributed by atoms with E-state index in [0.717, 1.165) is 39.3 Å². The summed E-state index contributed by atoms with van der Waals surface area (Å²) in [5, 5.41) is 3.02. The van der Waals surface area contributed by atoms with E-state index in [1.807, 2.05) is 18.7 Å². The van der Waals surface area contributed by atoms with Crippen molar-refractivity contribution in [2.24, 2.45) is 0 Å². The van der Waals surface area contributed by atoms with Crippen LogP contribution in [0.2, 0.25) is 0 Å². The Kier molecular flexibility index (Phi) is 7.47. The molecule has 1 aromatic heterocycles. The molecule has 2 aromatic rings. The van der Waals surface area contributed by atoms with Gasteiger partial charge in [0.15, 0.2) is 0 Å². The van der Waals surface area contributed by atoms with Gasteiger partial charge in [0, 0.05) is 45.0 Å². The van der Waals surface area contributed by atoms with Gasteiger partial charge in [0.2, 0.25) is 17.8 Å². The number of nitrogen functional groups attached to an aromatic ring is 1. The van der Waals surface area contributed by atoms with Crippen LogP contribution in [-0.2, 0) is 11.3 Å². The summed E-state index contributed by atoms with van der Waals surface area (Å²) < 4.78 is 13.1. The van der Waals surface area contributed by atoms with E-state index < -0.39 is 0 Å². The molecule has 0 spiro atoms. The average Bonchev–Trinajstić information content (AvgIpc) is 2.72. The molecule has 3 N–H and O–H groups in total. The van der Waals surface area contributed by atoms with E-state index in [4.69, 9.17) is 5.73 Å². The highest BCUT2D eigenvalue weighted by Gasteiger charge is 2.21. The third-order valence-corrected chi connectivity index (χ3v) is 5.10. The van der Waals surface area contributed by atoms with Crippen molar-refractivity contribution in [2.75, 3.05) is 56.9 Å². The van der Waals surface area contributed by atoms with Gasteiger partial charge < -0.3 is 16.0 Å². The van der Waals surface area contributed by atoms with Crippen LogP contribution in [0.1, 0.15) is 19.7 Å². The molecular weight excluding hydrogens is 387 g/mol. The molecule has 0 aliphatic carbocycles. The predicted molar refractivity (Wildman–Crippen MR) is 114 cm³/mol. The fourth-order valence-electron chi connectivity index (χ4n) is 3.40. The van der Waals surface area contributed by atoms with Crippen molar-refractivity contribution in [3.05, 3.63) is 35.9 Å². The maximum atomic E-state index is 13.1. The lowest BCUT2D eigenvalue weighted by Crippen LogP contribution is -2.49. The molecule has 0 saturated carbocycles. The Bertz CT molecular complexity index is 835. The van der Waals surface area contributed by atoms with Crippen LogP contribution in [-0.4, -0.2) is 81.4 Å². The Balaban J connectivity index is 1.54. The fraction of sp³-hybridized carbons (Fsp3) is 0.500. The molecule has 1 aliphatic rings. The lowest BCUT2D eigenvalue weighted by atomic mass is 10.3. The molecule has 1 aliphatic heterocycles. The summed E-state index contributed by atoms with van der Waals surface area (Å²) in [5.74, 6) is 0.893. The van der Waals surface area contributed by atoms with Crippen molar-refractivity contribution in [1.82, 2.24) is 29.7 Å². The molecular formula is C20H29FN8O. The van der Waals surface area contributed by atoms with Crippen LogP contribution in [0, 0.1) is 5.82 Å². The van der Waals surface area contributed by atoms with Crippen molar-refractivity contribution in [1.29, 1.82) is 0 Å². The molecule has 9 nitrogen and oxygen atoms in total. The summed E-state index contributed by atoms with van der Waals surface area (Å²) in [6.07, 6.45) is 0. The summed E-state index contributed by atoms with van der Waals surface area (Å²) >= 11 is 0. The van der Waals surface area contributed by atoms with E-state index >= 15 is 0 Å². The average molecular weight is 417 g/mol. The SMILES string of the molecule is CCN(CC)C(=O)CN1CCN(Cc2nc(N)nc(Nc3ccc(F)cc3)n2)CC1. The fourth-order valence-corrected chi connectivity index (χ4v) is 3.40. The Morgan fingerprint density at radius 3 is 2.33 bits per heavy atom. The van der Waals surface area contributed by atoms with E-state index in [1.54, 1.807) is 12.1 Å². The van der Waals surface area contributed by atoms with Crippen LogP contribution in [0.15, 0.2) is 24.3 Å². The lowest BCUT2D eigenvalue weighted by molar-refractivity contribution is -0.132. The summed E-state index contributed by atoms with van der Waals surface area (Å²) in [4.78, 5) is 31.3. The van der Waals surface area contributed by atoms with Crippen LogP contribution in [0.25, 0.3) is 0 Å². The molecule has 10 heteroatoms. The van der Waals surface area contributed by atoms with Crippen molar-refractivity contribution in [3.63, 3.8) is 0 Å². The van der Waals surface area contributed by atoms with Crippen molar-refractivity contribution in [3.8, 4) is 0 Å². The number of amides is 1. The van der Waals surface area contributed by atoms with E-state index in [2.05, 4.69) is 30.1 Å². The van der Waals surface area contributed by atoms with Gasteiger partial charge in [0.25, 0.3) is 0 Å². The molecule has 1 aromatic carbocycles. The summed E-state index contributed by atoms with van der Waals surface area (Å²) in [6, 6.07) is 5.93. The molecule has 1 fully saturated rings. The third-order valence-electron chi connectivity index (χ3n) is 5.10. The number of nitrogens with zero attached hydrogens (tertiary/aromatic N) is 6. The third kappa shape index (κ3) is 6.07. The quantitative estimate of drug-likeness (QED) is 0.664. The monoisotopic (exact) mass is 416 g/mol. The molecule has 0 atom stereocenters. The molecule has 162 valence electrons. The number of benzene rings is 1. The molecule has 30 heavy (non-hydrogen) atoms. The van der Waals surface area contributed by atoms with Gasteiger partial charge in [-0.1, -0.05) is 0 Å². The van der Waals surface area contributed by atoms with Gasteiger partial charge in [-0.15, -0.1) is 0 Å². The number of aromatic nitrogens is 3. The zero-order chi connectivity index (χ0) is 21.5. The first-order chi connectivity index (χ1) is 14.5. The first-order valence-corrected chi connectivity index (χ1v) is 10.2. The van der Waals surface area contributed by atoms with Crippen molar-refractivity contribution >= 4 is 23.5 Å². The highest BCUT2D eigenvalue weighted by Crippen LogP contribution is 2.15. The summed E-state index contributed by atoms with van der Waals surface area (Å²) in [6.45, 7) is 9.74. The lowest BCUT2D eigenvalue weighted by Gasteiger charge is -2.34. The summed E-state index contributed by atoms with van der Waals surface area (Å²) in [5.41, 5.74) is 6.51. The number of likely N-dealkylation sites (N-methyl/N-ethyl adjacent to an activating group) is 1. The predicted octanol–water partition coefficient (Wildman–Crippen LogP) is 1.32. The van der Waals surface area contributed by atoms with Gasteiger partial charge in [-0.2, -0.15) is 15.0 Å². The topological polar surface area (TPSA) is 104 Å². The van der Waals surface area contributed by atoms with E-state index in [1.165, 1.54) is 12.1 Å². The Morgan fingerprint density at radius 1 is 1.07 bits per heavy atom. The molecule has 1 amide bonds. The van der Waals surface area contributed by atoms with Gasteiger partial charge in [-0.3, -0.25) is 14.6 Å². The smallest absolute Gasteiger partial charge is 0.236 e. The molecule has 0 bridgehead atoms. The first kappa shape index (κ1) is 21.8. The second-order valence-corrected chi connectivity index (χ2v) is 7.18. The zero-order valence-corrected chi connectivity index (χ0v) is 17.5. The van der Waals surface area contributed by atoms with Crippen LogP contribution >= 0.6 is 0 Å². The number of piperazine rings is 1. The standard InChI is InChI=1S/C20H29FN8O/c1-3-29(4-2)18(30)14-28-11-9-27(10-12-28)13-17-24-19(22)26-20(25-17)23-16-7-5-15(21)6-8-16/h5-8H,3-4,9-14H2,1-2H3,(H3,22,23,24,25,26). The maximum Gasteiger partial charge on any atom is 0.236 e. The molecule has 0 unspecified atom stereocenters. The Morgan fingerprint density at radius 2 is 1.70 bits per heavy atom. The van der Waals surface area contributed by atoms with E-state index in [0.29, 0.717) is 30.5 Å². The number of carbonyl (C=O) groups is 1. The van der Waals surface area contributed by atoms with Gasteiger partial charge >= 0.3 is 0 Å². The van der Waals surface area contributed by atoms with E-state index in [-0.39, 0.29) is 17.7 Å².